The first-order chi connectivity index (χ1) is 10.2. The van der Waals surface area contributed by atoms with E-state index in [-0.39, 0.29) is 11.8 Å². The molecule has 110 valence electrons. The van der Waals surface area contributed by atoms with Crippen molar-refractivity contribution in [2.75, 3.05) is 18.1 Å². The number of urea groups is 1. The minimum absolute atomic E-state index is 0.258. The fourth-order valence-electron chi connectivity index (χ4n) is 1.86. The lowest BCUT2D eigenvalue weighted by Crippen LogP contribution is -2.30. The van der Waals surface area contributed by atoms with Crippen LogP contribution in [0.5, 0.6) is 0 Å². The molecule has 0 saturated heterocycles. The number of amides is 2. The Labute approximate surface area is 127 Å². The zero-order valence-electron chi connectivity index (χ0n) is 11.7. The first kappa shape index (κ1) is 15.4. The number of hydrogen-bond donors (Lipinski definition) is 2. The summed E-state index contributed by atoms with van der Waals surface area (Å²) >= 11 is 1.65. The van der Waals surface area contributed by atoms with Gasteiger partial charge in [-0.3, -0.25) is 0 Å². The quantitative estimate of drug-likeness (QED) is 0.822. The molecule has 2 rings (SSSR count). The van der Waals surface area contributed by atoms with Crippen molar-refractivity contribution in [2.45, 2.75) is 11.3 Å². The van der Waals surface area contributed by atoms with E-state index in [4.69, 9.17) is 0 Å². The summed E-state index contributed by atoms with van der Waals surface area (Å²) in [5.74, 6) is -0.258. The Balaban J connectivity index is 1.76. The molecule has 0 bridgehead atoms. The van der Waals surface area contributed by atoms with E-state index in [9.17, 15) is 9.18 Å². The highest BCUT2D eigenvalue weighted by atomic mass is 32.2. The van der Waals surface area contributed by atoms with Crippen LogP contribution in [0.15, 0.2) is 53.4 Å². The highest BCUT2D eigenvalue weighted by Gasteiger charge is 2.02. The van der Waals surface area contributed by atoms with Gasteiger partial charge in [0.25, 0.3) is 0 Å². The highest BCUT2D eigenvalue weighted by molar-refractivity contribution is 7.98. The number of anilines is 1. The van der Waals surface area contributed by atoms with Gasteiger partial charge < -0.3 is 10.6 Å². The van der Waals surface area contributed by atoms with Crippen molar-refractivity contribution in [3.63, 3.8) is 0 Å². The maximum atomic E-state index is 13.0. The summed E-state index contributed by atoms with van der Waals surface area (Å²) in [7, 11) is 0. The van der Waals surface area contributed by atoms with Crippen LogP contribution in [0, 0.1) is 5.82 Å². The maximum Gasteiger partial charge on any atom is 0.319 e. The Morgan fingerprint density at radius 1 is 1.19 bits per heavy atom. The Kier molecular flexibility index (Phi) is 5.63. The molecule has 0 aliphatic carbocycles. The van der Waals surface area contributed by atoms with E-state index in [1.165, 1.54) is 12.1 Å². The third-order valence-electron chi connectivity index (χ3n) is 2.94. The van der Waals surface area contributed by atoms with Gasteiger partial charge in [0.1, 0.15) is 5.82 Å². The molecule has 2 amide bonds. The Bertz CT molecular complexity index is 601. The standard InChI is InChI=1S/C16H17FN2OS/c1-21-15-7-5-14(6-8-15)19-16(20)18-10-9-12-3-2-4-13(17)11-12/h2-8,11H,9-10H2,1H3,(H2,18,19,20). The van der Waals surface area contributed by atoms with E-state index in [0.29, 0.717) is 13.0 Å². The normalized spacial score (nSPS) is 10.2. The second-order valence-corrected chi connectivity index (χ2v) is 5.37. The van der Waals surface area contributed by atoms with E-state index in [1.54, 1.807) is 17.8 Å². The van der Waals surface area contributed by atoms with Gasteiger partial charge in [-0.05, 0) is 54.6 Å². The minimum atomic E-state index is -0.261. The molecule has 2 aromatic rings. The predicted octanol–water partition coefficient (Wildman–Crippen LogP) is 3.91. The molecule has 0 aliphatic heterocycles. The molecule has 2 N–H and O–H groups in total. The van der Waals surface area contributed by atoms with Gasteiger partial charge in [0, 0.05) is 17.1 Å². The number of carbonyl (C=O) groups excluding carboxylic acids is 1. The molecular formula is C16H17FN2OS. The average Bonchev–Trinajstić information content (AvgIpc) is 2.48. The number of carbonyl (C=O) groups is 1. The number of benzene rings is 2. The van der Waals surface area contributed by atoms with Gasteiger partial charge in [0.2, 0.25) is 0 Å². The smallest absolute Gasteiger partial charge is 0.319 e. The first-order valence-electron chi connectivity index (χ1n) is 6.61. The molecular weight excluding hydrogens is 287 g/mol. The van der Waals surface area contributed by atoms with Gasteiger partial charge in [0.15, 0.2) is 0 Å². The van der Waals surface area contributed by atoms with Gasteiger partial charge in [-0.1, -0.05) is 12.1 Å². The molecule has 21 heavy (non-hydrogen) atoms. The lowest BCUT2D eigenvalue weighted by Gasteiger charge is -2.08. The van der Waals surface area contributed by atoms with Crippen LogP contribution in [-0.2, 0) is 6.42 Å². The summed E-state index contributed by atoms with van der Waals surface area (Å²) < 4.78 is 13.0. The van der Waals surface area contributed by atoms with E-state index in [1.807, 2.05) is 36.6 Å². The van der Waals surface area contributed by atoms with Crippen molar-refractivity contribution in [3.05, 3.63) is 59.9 Å². The van der Waals surface area contributed by atoms with Crippen molar-refractivity contribution in [3.8, 4) is 0 Å². The van der Waals surface area contributed by atoms with Gasteiger partial charge in [-0.2, -0.15) is 0 Å². The van der Waals surface area contributed by atoms with Crippen molar-refractivity contribution in [2.24, 2.45) is 0 Å². The Hall–Kier alpha value is -2.01. The molecule has 0 fully saturated rings. The zero-order chi connectivity index (χ0) is 15.1. The molecule has 0 saturated carbocycles. The Morgan fingerprint density at radius 3 is 2.62 bits per heavy atom. The van der Waals surface area contributed by atoms with E-state index >= 15 is 0 Å². The fourth-order valence-corrected chi connectivity index (χ4v) is 2.27. The van der Waals surface area contributed by atoms with Crippen LogP contribution in [-0.4, -0.2) is 18.8 Å². The van der Waals surface area contributed by atoms with Crippen LogP contribution < -0.4 is 10.6 Å². The lowest BCUT2D eigenvalue weighted by molar-refractivity contribution is 0.252. The van der Waals surface area contributed by atoms with E-state index in [0.717, 1.165) is 16.1 Å². The third kappa shape index (κ3) is 5.11. The average molecular weight is 304 g/mol. The molecule has 0 aromatic heterocycles. The summed E-state index contributed by atoms with van der Waals surface area (Å²) in [5.41, 5.74) is 1.61. The Morgan fingerprint density at radius 2 is 1.95 bits per heavy atom. The third-order valence-corrected chi connectivity index (χ3v) is 3.68. The monoisotopic (exact) mass is 304 g/mol. The second-order valence-electron chi connectivity index (χ2n) is 4.49. The predicted molar refractivity (Wildman–Crippen MR) is 85.3 cm³/mol. The first-order valence-corrected chi connectivity index (χ1v) is 7.83. The molecule has 0 heterocycles. The molecule has 0 unspecified atom stereocenters. The maximum absolute atomic E-state index is 13.0. The molecule has 0 radical (unpaired) electrons. The second kappa shape index (κ2) is 7.69. The highest BCUT2D eigenvalue weighted by Crippen LogP contribution is 2.17. The summed E-state index contributed by atoms with van der Waals surface area (Å²) in [4.78, 5) is 12.9. The van der Waals surface area contributed by atoms with E-state index in [2.05, 4.69) is 10.6 Å². The number of thioether (sulfide) groups is 1. The SMILES string of the molecule is CSc1ccc(NC(=O)NCCc2cccc(F)c2)cc1. The van der Waals surface area contributed by atoms with E-state index < -0.39 is 0 Å². The summed E-state index contributed by atoms with van der Waals surface area (Å²) in [5, 5.41) is 5.51. The van der Waals surface area contributed by atoms with Gasteiger partial charge >= 0.3 is 6.03 Å². The molecule has 3 nitrogen and oxygen atoms in total. The van der Waals surface area contributed by atoms with Crippen molar-refractivity contribution < 1.29 is 9.18 Å². The van der Waals surface area contributed by atoms with Crippen LogP contribution in [0.2, 0.25) is 0 Å². The van der Waals surface area contributed by atoms with Crippen LogP contribution in [0.4, 0.5) is 14.9 Å². The minimum Gasteiger partial charge on any atom is -0.338 e. The number of hydrogen-bond acceptors (Lipinski definition) is 2. The van der Waals surface area contributed by atoms with Crippen LogP contribution in [0.3, 0.4) is 0 Å². The van der Waals surface area contributed by atoms with Crippen molar-refractivity contribution >= 4 is 23.5 Å². The summed E-state index contributed by atoms with van der Waals surface area (Å²) in [6.07, 6.45) is 2.60. The van der Waals surface area contributed by atoms with Crippen LogP contribution >= 0.6 is 11.8 Å². The summed E-state index contributed by atoms with van der Waals surface area (Å²) in [6.45, 7) is 0.457. The zero-order valence-corrected chi connectivity index (χ0v) is 12.5. The molecule has 0 atom stereocenters. The van der Waals surface area contributed by atoms with Crippen molar-refractivity contribution in [1.29, 1.82) is 0 Å². The van der Waals surface area contributed by atoms with Gasteiger partial charge in [-0.15, -0.1) is 11.8 Å². The molecule has 0 spiro atoms. The van der Waals surface area contributed by atoms with Gasteiger partial charge in [-0.25, -0.2) is 9.18 Å². The van der Waals surface area contributed by atoms with Crippen molar-refractivity contribution in [1.82, 2.24) is 5.32 Å². The van der Waals surface area contributed by atoms with Gasteiger partial charge in [0.05, 0.1) is 0 Å². The topological polar surface area (TPSA) is 41.1 Å². The number of nitrogens with one attached hydrogen (secondary N) is 2. The molecule has 0 aliphatic rings. The summed E-state index contributed by atoms with van der Waals surface area (Å²) in [6, 6.07) is 13.7. The largest absolute Gasteiger partial charge is 0.338 e. The molecule has 5 heteroatoms. The number of rotatable bonds is 5. The molecule has 2 aromatic carbocycles. The van der Waals surface area contributed by atoms with Crippen LogP contribution in [0.25, 0.3) is 0 Å². The lowest BCUT2D eigenvalue weighted by atomic mass is 10.1. The number of halogens is 1. The van der Waals surface area contributed by atoms with Crippen LogP contribution in [0.1, 0.15) is 5.56 Å². The fraction of sp³-hybridized carbons (Fsp3) is 0.188.